The number of anilines is 2. The minimum absolute atomic E-state index is 0.180. The second kappa shape index (κ2) is 8.31. The van der Waals surface area contributed by atoms with Crippen LogP contribution in [0.1, 0.15) is 21.6 Å². The molecule has 3 rings (SSSR count). The minimum atomic E-state index is -4.69. The van der Waals surface area contributed by atoms with Crippen LogP contribution in [0.4, 0.5) is 24.7 Å². The Balaban J connectivity index is 2.01. The molecule has 2 aromatic carbocycles. The van der Waals surface area contributed by atoms with Crippen LogP contribution in [0.15, 0.2) is 54.6 Å². The van der Waals surface area contributed by atoms with Crippen molar-refractivity contribution < 1.29 is 22.7 Å². The SMILES string of the molecule is Cc1cccc(Cl)c1Nc1nc(C(F)(F)F)ccc1C(=O)Oc1ccc(Cl)cc1. The van der Waals surface area contributed by atoms with Gasteiger partial charge >= 0.3 is 12.1 Å². The van der Waals surface area contributed by atoms with Crippen molar-refractivity contribution in [3.63, 3.8) is 0 Å². The van der Waals surface area contributed by atoms with Crippen LogP contribution in [0, 0.1) is 6.92 Å². The van der Waals surface area contributed by atoms with E-state index >= 15 is 0 Å². The van der Waals surface area contributed by atoms with E-state index in [1.165, 1.54) is 24.3 Å². The van der Waals surface area contributed by atoms with Crippen molar-refractivity contribution in [2.45, 2.75) is 13.1 Å². The Morgan fingerprint density at radius 2 is 1.72 bits per heavy atom. The lowest BCUT2D eigenvalue weighted by atomic mass is 10.1. The number of esters is 1. The van der Waals surface area contributed by atoms with Gasteiger partial charge in [-0.1, -0.05) is 35.3 Å². The summed E-state index contributed by atoms with van der Waals surface area (Å²) in [6, 6.07) is 12.6. The Bertz CT molecular complexity index is 1030. The number of aromatic nitrogens is 1. The van der Waals surface area contributed by atoms with Crippen molar-refractivity contribution in [2.75, 3.05) is 5.32 Å². The fourth-order valence-corrected chi connectivity index (χ4v) is 2.85. The van der Waals surface area contributed by atoms with Crippen LogP contribution in [0.5, 0.6) is 5.75 Å². The molecule has 0 radical (unpaired) electrons. The number of rotatable bonds is 4. The monoisotopic (exact) mass is 440 g/mol. The zero-order chi connectivity index (χ0) is 21.2. The van der Waals surface area contributed by atoms with E-state index in [9.17, 15) is 18.0 Å². The molecule has 0 aliphatic heterocycles. The summed E-state index contributed by atoms with van der Waals surface area (Å²) in [6.45, 7) is 1.72. The number of para-hydroxylation sites is 1. The van der Waals surface area contributed by atoms with Crippen LogP contribution >= 0.6 is 23.2 Å². The number of hydrogen-bond acceptors (Lipinski definition) is 4. The van der Waals surface area contributed by atoms with E-state index in [0.717, 1.165) is 6.07 Å². The number of nitrogens with zero attached hydrogens (tertiary/aromatic N) is 1. The molecule has 3 aromatic rings. The molecule has 0 fully saturated rings. The van der Waals surface area contributed by atoms with Crippen molar-refractivity contribution in [3.05, 3.63) is 81.5 Å². The molecule has 150 valence electrons. The fourth-order valence-electron chi connectivity index (χ4n) is 2.45. The lowest BCUT2D eigenvalue weighted by Crippen LogP contribution is -2.16. The lowest BCUT2D eigenvalue weighted by molar-refractivity contribution is -0.141. The summed E-state index contributed by atoms with van der Waals surface area (Å²) in [6.07, 6.45) is -4.69. The van der Waals surface area contributed by atoms with Gasteiger partial charge in [0.15, 0.2) is 0 Å². The van der Waals surface area contributed by atoms with Crippen LogP contribution in [0.25, 0.3) is 0 Å². The Hall–Kier alpha value is -2.77. The molecule has 0 aliphatic carbocycles. The topological polar surface area (TPSA) is 51.2 Å². The molecule has 1 heterocycles. The quantitative estimate of drug-likeness (QED) is 0.363. The second-order valence-corrected chi connectivity index (χ2v) is 6.83. The first-order valence-electron chi connectivity index (χ1n) is 8.23. The van der Waals surface area contributed by atoms with Crippen LogP contribution in [0.2, 0.25) is 10.0 Å². The molecule has 29 heavy (non-hydrogen) atoms. The Kier molecular flexibility index (Phi) is 6.00. The number of aryl methyl sites for hydroxylation is 1. The maximum Gasteiger partial charge on any atom is 0.433 e. The molecular formula is C20H13Cl2F3N2O2. The normalized spacial score (nSPS) is 11.2. The molecule has 0 saturated heterocycles. The van der Waals surface area contributed by atoms with Gasteiger partial charge in [-0.2, -0.15) is 13.2 Å². The first-order chi connectivity index (χ1) is 13.6. The van der Waals surface area contributed by atoms with Crippen molar-refractivity contribution in [1.29, 1.82) is 0 Å². The number of benzene rings is 2. The summed E-state index contributed by atoms with van der Waals surface area (Å²) >= 11 is 11.9. The number of ether oxygens (including phenoxy) is 1. The predicted octanol–water partition coefficient (Wildman–Crippen LogP) is 6.68. The van der Waals surface area contributed by atoms with Gasteiger partial charge in [-0.15, -0.1) is 0 Å². The van der Waals surface area contributed by atoms with E-state index in [4.69, 9.17) is 27.9 Å². The zero-order valence-corrected chi connectivity index (χ0v) is 16.4. The molecule has 0 atom stereocenters. The molecule has 1 N–H and O–H groups in total. The summed E-state index contributed by atoms with van der Waals surface area (Å²) in [5.41, 5.74) is -0.352. The van der Waals surface area contributed by atoms with Gasteiger partial charge in [0, 0.05) is 5.02 Å². The number of carbonyl (C=O) groups excluding carboxylic acids is 1. The second-order valence-electron chi connectivity index (χ2n) is 5.99. The van der Waals surface area contributed by atoms with Gasteiger partial charge in [-0.05, 0) is 55.0 Å². The van der Waals surface area contributed by atoms with Gasteiger partial charge < -0.3 is 10.1 Å². The Morgan fingerprint density at radius 3 is 2.34 bits per heavy atom. The van der Waals surface area contributed by atoms with Crippen LogP contribution < -0.4 is 10.1 Å². The van der Waals surface area contributed by atoms with E-state index < -0.39 is 17.8 Å². The van der Waals surface area contributed by atoms with Gasteiger partial charge in [-0.3, -0.25) is 0 Å². The molecule has 1 aromatic heterocycles. The highest BCUT2D eigenvalue weighted by Crippen LogP contribution is 2.33. The van der Waals surface area contributed by atoms with Crippen molar-refractivity contribution in [1.82, 2.24) is 4.98 Å². The maximum absolute atomic E-state index is 13.1. The zero-order valence-electron chi connectivity index (χ0n) is 14.8. The lowest BCUT2D eigenvalue weighted by Gasteiger charge is -2.16. The summed E-state index contributed by atoms with van der Waals surface area (Å²) in [7, 11) is 0. The third kappa shape index (κ3) is 4.99. The number of pyridine rings is 1. The average Bonchev–Trinajstić information content (AvgIpc) is 2.66. The number of halogens is 5. The number of alkyl halides is 3. The summed E-state index contributed by atoms with van der Waals surface area (Å²) in [5.74, 6) is -1.03. The highest BCUT2D eigenvalue weighted by molar-refractivity contribution is 6.33. The highest BCUT2D eigenvalue weighted by atomic mass is 35.5. The summed E-state index contributed by atoms with van der Waals surface area (Å²) in [4.78, 5) is 16.2. The molecule has 0 saturated carbocycles. The first kappa shape index (κ1) is 21.0. The van der Waals surface area contributed by atoms with Crippen molar-refractivity contribution >= 4 is 40.7 Å². The third-order valence-electron chi connectivity index (χ3n) is 3.90. The third-order valence-corrected chi connectivity index (χ3v) is 4.46. The van der Waals surface area contributed by atoms with Crippen LogP contribution in [-0.4, -0.2) is 11.0 Å². The van der Waals surface area contributed by atoms with Crippen LogP contribution in [-0.2, 0) is 6.18 Å². The van der Waals surface area contributed by atoms with E-state index in [1.807, 2.05) is 0 Å². The van der Waals surface area contributed by atoms with E-state index in [1.54, 1.807) is 25.1 Å². The van der Waals surface area contributed by atoms with Gasteiger partial charge in [0.05, 0.1) is 10.7 Å². The molecular weight excluding hydrogens is 428 g/mol. The first-order valence-corrected chi connectivity index (χ1v) is 8.99. The van der Waals surface area contributed by atoms with Gasteiger partial charge in [0.2, 0.25) is 0 Å². The smallest absolute Gasteiger partial charge is 0.423 e. The van der Waals surface area contributed by atoms with Gasteiger partial charge in [-0.25, -0.2) is 9.78 Å². The predicted molar refractivity (Wildman–Crippen MR) is 105 cm³/mol. The number of carbonyl (C=O) groups is 1. The van der Waals surface area contributed by atoms with E-state index in [-0.39, 0.29) is 22.2 Å². The van der Waals surface area contributed by atoms with Gasteiger partial charge in [0.25, 0.3) is 0 Å². The average molecular weight is 441 g/mol. The van der Waals surface area contributed by atoms with E-state index in [2.05, 4.69) is 10.3 Å². The molecule has 9 heteroatoms. The molecule has 4 nitrogen and oxygen atoms in total. The summed E-state index contributed by atoms with van der Waals surface area (Å²) in [5, 5.41) is 3.44. The molecule has 0 bridgehead atoms. The van der Waals surface area contributed by atoms with Gasteiger partial charge in [0.1, 0.15) is 22.8 Å². The van der Waals surface area contributed by atoms with Crippen LogP contribution in [0.3, 0.4) is 0 Å². The van der Waals surface area contributed by atoms with Crippen molar-refractivity contribution in [3.8, 4) is 5.75 Å². The molecule has 0 unspecified atom stereocenters. The minimum Gasteiger partial charge on any atom is -0.423 e. The highest BCUT2D eigenvalue weighted by Gasteiger charge is 2.34. The Labute approximate surface area is 174 Å². The van der Waals surface area contributed by atoms with Crippen molar-refractivity contribution in [2.24, 2.45) is 0 Å². The number of hydrogen-bond donors (Lipinski definition) is 1. The molecule has 0 spiro atoms. The summed E-state index contributed by atoms with van der Waals surface area (Å²) < 4.78 is 44.6. The number of nitrogens with one attached hydrogen (secondary N) is 1. The fraction of sp³-hybridized carbons (Fsp3) is 0.100. The Morgan fingerprint density at radius 1 is 1.03 bits per heavy atom. The standard InChI is InChI=1S/C20H13Cl2F3N2O2/c1-11-3-2-4-15(22)17(11)27-18-14(9-10-16(26-18)20(23,24)25)19(28)29-13-7-5-12(21)6-8-13/h2-10H,1H3,(H,26,27). The molecule has 0 amide bonds. The molecule has 0 aliphatic rings. The van der Waals surface area contributed by atoms with E-state index in [0.29, 0.717) is 22.3 Å². The maximum atomic E-state index is 13.1. The largest absolute Gasteiger partial charge is 0.433 e.